The zero-order chi connectivity index (χ0) is 26.9. The van der Waals surface area contributed by atoms with E-state index in [0.717, 1.165) is 31.4 Å². The molecule has 4 N–H and O–H groups in total. The summed E-state index contributed by atoms with van der Waals surface area (Å²) in [6.07, 6.45) is 1.28. The average Bonchev–Trinajstić information content (AvgIpc) is 3.30. The van der Waals surface area contributed by atoms with Crippen molar-refractivity contribution in [2.45, 2.75) is 25.4 Å². The van der Waals surface area contributed by atoms with Crippen molar-refractivity contribution in [3.63, 3.8) is 0 Å². The highest BCUT2D eigenvalue weighted by Gasteiger charge is 2.32. The molecule has 0 unspecified atom stereocenters. The van der Waals surface area contributed by atoms with Gasteiger partial charge in [-0.1, -0.05) is 18.2 Å². The molecule has 4 aromatic rings. The number of rotatable bonds is 4. The van der Waals surface area contributed by atoms with Gasteiger partial charge < -0.3 is 16.0 Å². The predicted octanol–water partition coefficient (Wildman–Crippen LogP) is 4.66. The Morgan fingerprint density at radius 3 is 2.42 bits per heavy atom. The first-order valence-electron chi connectivity index (χ1n) is 11.8. The zero-order valence-electron chi connectivity index (χ0n) is 20.0. The number of pyridine rings is 1. The van der Waals surface area contributed by atoms with E-state index in [0.29, 0.717) is 41.0 Å². The number of carbonyl (C=O) groups excluding carboxylic acids is 2. The molecule has 1 aromatic carbocycles. The van der Waals surface area contributed by atoms with E-state index in [1.165, 1.54) is 16.9 Å². The van der Waals surface area contributed by atoms with Gasteiger partial charge in [0.15, 0.2) is 5.82 Å². The number of anilines is 3. The summed E-state index contributed by atoms with van der Waals surface area (Å²) in [5.74, 6) is -0.159. The molecule has 196 valence electrons. The molecule has 0 atom stereocenters. The van der Waals surface area contributed by atoms with Crippen LogP contribution in [0.2, 0.25) is 0 Å². The van der Waals surface area contributed by atoms with E-state index in [-0.39, 0.29) is 17.5 Å². The predicted molar refractivity (Wildman–Crippen MR) is 134 cm³/mol. The van der Waals surface area contributed by atoms with Gasteiger partial charge >= 0.3 is 12.2 Å². The number of halogens is 3. The summed E-state index contributed by atoms with van der Waals surface area (Å²) in [5.41, 5.74) is 7.56. The maximum Gasteiger partial charge on any atom is 0.433 e. The van der Waals surface area contributed by atoms with Crippen LogP contribution in [-0.4, -0.2) is 49.5 Å². The van der Waals surface area contributed by atoms with E-state index in [1.807, 2.05) is 4.90 Å². The molecule has 1 aliphatic rings. The van der Waals surface area contributed by atoms with Crippen LogP contribution < -0.4 is 16.4 Å². The highest BCUT2D eigenvalue weighted by atomic mass is 19.4. The Morgan fingerprint density at radius 1 is 0.974 bits per heavy atom. The zero-order valence-corrected chi connectivity index (χ0v) is 20.0. The van der Waals surface area contributed by atoms with E-state index in [4.69, 9.17) is 5.73 Å². The van der Waals surface area contributed by atoms with Crippen LogP contribution in [0.4, 0.5) is 35.3 Å². The lowest BCUT2D eigenvalue weighted by Gasteiger charge is -2.26. The first-order chi connectivity index (χ1) is 18.2. The van der Waals surface area contributed by atoms with Crippen LogP contribution in [0.5, 0.6) is 0 Å². The van der Waals surface area contributed by atoms with Crippen molar-refractivity contribution in [1.29, 1.82) is 0 Å². The van der Waals surface area contributed by atoms with Crippen LogP contribution in [0.25, 0.3) is 16.6 Å². The number of likely N-dealkylation sites (tertiary alicyclic amines) is 1. The van der Waals surface area contributed by atoms with Crippen molar-refractivity contribution in [3.05, 3.63) is 66.2 Å². The lowest BCUT2D eigenvalue weighted by atomic mass is 10.0. The highest BCUT2D eigenvalue weighted by molar-refractivity contribution is 6.07. The Hall–Kier alpha value is -4.68. The number of aromatic nitrogens is 4. The van der Waals surface area contributed by atoms with Gasteiger partial charge in [0.25, 0.3) is 5.91 Å². The molecule has 1 fully saturated rings. The number of amides is 3. The quantitative estimate of drug-likeness (QED) is 0.356. The van der Waals surface area contributed by atoms with Gasteiger partial charge in [-0.05, 0) is 49.1 Å². The van der Waals surface area contributed by atoms with Crippen molar-refractivity contribution in [1.82, 2.24) is 24.5 Å². The van der Waals surface area contributed by atoms with Gasteiger partial charge in [0.2, 0.25) is 0 Å². The number of benzene rings is 1. The number of hydrogen-bond donors (Lipinski definition) is 3. The molecule has 3 amide bonds. The fraction of sp³-hybridized carbons (Fsp3) is 0.240. The third-order valence-electron chi connectivity index (χ3n) is 6.19. The van der Waals surface area contributed by atoms with Crippen LogP contribution in [0.3, 0.4) is 0 Å². The Morgan fingerprint density at radius 2 is 1.71 bits per heavy atom. The lowest BCUT2D eigenvalue weighted by molar-refractivity contribution is -0.141. The van der Waals surface area contributed by atoms with Crippen LogP contribution in [-0.2, 0) is 6.18 Å². The van der Waals surface area contributed by atoms with Crippen LogP contribution >= 0.6 is 0 Å². The number of nitrogens with one attached hydrogen (secondary N) is 2. The standard InChI is InChI=1S/C25H23F3N8O2/c26-25(27,28)18-5-4-6-19(33-18)34-24(38)32-16-9-7-15(8-10-16)20-17(23(37)35-11-2-1-3-12-35)13-36-21(20)22(29)30-14-31-36/h4-10,13-14H,1-3,11-12H2,(H2,29,30,31)(H2,32,33,34,38). The number of fused-ring (bicyclic) bond motifs is 1. The minimum absolute atomic E-state index is 0.125. The number of alkyl halides is 3. The van der Waals surface area contributed by atoms with Gasteiger partial charge in [0, 0.05) is 30.5 Å². The summed E-state index contributed by atoms with van der Waals surface area (Å²) in [7, 11) is 0. The summed E-state index contributed by atoms with van der Waals surface area (Å²) >= 11 is 0. The van der Waals surface area contributed by atoms with E-state index in [2.05, 4.69) is 25.7 Å². The van der Waals surface area contributed by atoms with E-state index in [9.17, 15) is 22.8 Å². The molecule has 0 aliphatic carbocycles. The van der Waals surface area contributed by atoms with Gasteiger partial charge in [-0.3, -0.25) is 10.1 Å². The van der Waals surface area contributed by atoms with Crippen molar-refractivity contribution >= 4 is 34.8 Å². The Balaban J connectivity index is 1.39. The van der Waals surface area contributed by atoms with Gasteiger partial charge in [-0.25, -0.2) is 19.3 Å². The second-order valence-corrected chi connectivity index (χ2v) is 8.77. The largest absolute Gasteiger partial charge is 0.433 e. The fourth-order valence-corrected chi connectivity index (χ4v) is 4.42. The molecule has 3 aromatic heterocycles. The summed E-state index contributed by atoms with van der Waals surface area (Å²) in [5, 5.41) is 9.05. The van der Waals surface area contributed by atoms with E-state index >= 15 is 0 Å². The normalized spacial score (nSPS) is 13.9. The number of nitrogens with two attached hydrogens (primary N) is 1. The Kier molecular flexibility index (Phi) is 6.57. The SMILES string of the molecule is Nc1ncnn2cc(C(=O)N3CCCCC3)c(-c3ccc(NC(=O)Nc4cccc(C(F)(F)F)n4)cc3)c12. The summed E-state index contributed by atoms with van der Waals surface area (Å²) in [6.45, 7) is 1.34. The van der Waals surface area contributed by atoms with E-state index in [1.54, 1.807) is 30.5 Å². The summed E-state index contributed by atoms with van der Waals surface area (Å²) < 4.78 is 40.2. The summed E-state index contributed by atoms with van der Waals surface area (Å²) in [4.78, 5) is 35.1. The number of carbonyl (C=O) groups is 2. The molecule has 1 saturated heterocycles. The van der Waals surface area contributed by atoms with Gasteiger partial charge in [-0.15, -0.1) is 0 Å². The fourth-order valence-electron chi connectivity index (χ4n) is 4.42. The molecule has 0 saturated carbocycles. The van der Waals surface area contributed by atoms with Crippen LogP contribution in [0.1, 0.15) is 35.3 Å². The number of piperidine rings is 1. The van der Waals surface area contributed by atoms with Crippen LogP contribution in [0, 0.1) is 0 Å². The van der Waals surface area contributed by atoms with E-state index < -0.39 is 17.9 Å². The Bertz CT molecular complexity index is 1500. The molecule has 0 radical (unpaired) electrons. The van der Waals surface area contributed by atoms with Crippen LogP contribution in [0.15, 0.2) is 55.0 Å². The smallest absolute Gasteiger partial charge is 0.382 e. The molecule has 13 heteroatoms. The van der Waals surface area contributed by atoms with Crippen molar-refractivity contribution < 1.29 is 22.8 Å². The molecule has 4 heterocycles. The molecular weight excluding hydrogens is 501 g/mol. The number of nitrogen functional groups attached to an aromatic ring is 1. The first kappa shape index (κ1) is 25.0. The third-order valence-corrected chi connectivity index (χ3v) is 6.19. The summed E-state index contributed by atoms with van der Waals surface area (Å²) in [6, 6.07) is 9.07. The third kappa shape index (κ3) is 5.08. The van der Waals surface area contributed by atoms with Crippen molar-refractivity contribution in [2.75, 3.05) is 29.5 Å². The molecule has 10 nitrogen and oxygen atoms in total. The molecule has 0 spiro atoms. The minimum Gasteiger partial charge on any atom is -0.382 e. The highest BCUT2D eigenvalue weighted by Crippen LogP contribution is 2.34. The second kappa shape index (κ2) is 10.00. The number of hydrogen-bond acceptors (Lipinski definition) is 6. The maximum atomic E-state index is 13.4. The molecule has 1 aliphatic heterocycles. The van der Waals surface area contributed by atoms with Gasteiger partial charge in [0.1, 0.15) is 23.4 Å². The monoisotopic (exact) mass is 524 g/mol. The Labute approximate surface area is 214 Å². The lowest BCUT2D eigenvalue weighted by Crippen LogP contribution is -2.35. The van der Waals surface area contributed by atoms with Gasteiger partial charge in [0.05, 0.1) is 5.56 Å². The topological polar surface area (TPSA) is 131 Å². The van der Waals surface area contributed by atoms with Crippen molar-refractivity contribution in [3.8, 4) is 11.1 Å². The molecule has 38 heavy (non-hydrogen) atoms. The molecular formula is C25H23F3N8O2. The van der Waals surface area contributed by atoms with Crippen molar-refractivity contribution in [2.24, 2.45) is 0 Å². The number of urea groups is 1. The molecule has 5 rings (SSSR count). The number of nitrogens with zero attached hydrogens (tertiary/aromatic N) is 5. The maximum absolute atomic E-state index is 13.4. The average molecular weight is 525 g/mol. The second-order valence-electron chi connectivity index (χ2n) is 8.77. The van der Waals surface area contributed by atoms with Gasteiger partial charge in [-0.2, -0.15) is 18.3 Å². The molecule has 0 bridgehead atoms. The minimum atomic E-state index is -4.63. The first-order valence-corrected chi connectivity index (χ1v) is 11.8.